The van der Waals surface area contributed by atoms with Crippen LogP contribution in [0.1, 0.15) is 38.2 Å². The summed E-state index contributed by atoms with van der Waals surface area (Å²) in [6.45, 7) is 6.08. The number of rotatable bonds is 3. The van der Waals surface area contributed by atoms with Crippen LogP contribution in [0.15, 0.2) is 36.7 Å². The summed E-state index contributed by atoms with van der Waals surface area (Å²) in [6.07, 6.45) is 9.34. The molecule has 5 rings (SSSR count). The van der Waals surface area contributed by atoms with Gasteiger partial charge in [0.25, 0.3) is 0 Å². The molecule has 6 nitrogen and oxygen atoms in total. The van der Waals surface area contributed by atoms with E-state index in [2.05, 4.69) is 17.1 Å². The molecule has 1 aromatic heterocycles. The van der Waals surface area contributed by atoms with Crippen LogP contribution in [0.5, 0.6) is 0 Å². The Balaban J connectivity index is 1.31. The van der Waals surface area contributed by atoms with E-state index in [1.54, 1.807) is 0 Å². The highest BCUT2D eigenvalue weighted by molar-refractivity contribution is 5.93. The van der Waals surface area contributed by atoms with Crippen LogP contribution in [0.3, 0.4) is 0 Å². The number of fused-ring (bicyclic) bond motifs is 1. The summed E-state index contributed by atoms with van der Waals surface area (Å²) in [6, 6.07) is 4.26. The minimum Gasteiger partial charge on any atom is -0.360 e. The van der Waals surface area contributed by atoms with Crippen molar-refractivity contribution in [1.29, 1.82) is 0 Å². The molecule has 3 fully saturated rings. The highest BCUT2D eigenvalue weighted by atomic mass is 16.5. The number of nitrogens with zero attached hydrogens (tertiary/aromatic N) is 3. The Labute approximate surface area is 165 Å². The molecule has 0 aromatic carbocycles. The molecule has 0 N–H and O–H groups in total. The normalized spacial score (nSPS) is 34.5. The van der Waals surface area contributed by atoms with Crippen LogP contribution in [0.25, 0.3) is 0 Å². The van der Waals surface area contributed by atoms with Gasteiger partial charge in [-0.25, -0.2) is 0 Å². The molecule has 0 radical (unpaired) electrons. The lowest BCUT2D eigenvalue weighted by atomic mass is 9.76. The van der Waals surface area contributed by atoms with E-state index in [-0.39, 0.29) is 35.8 Å². The second kappa shape index (κ2) is 6.41. The summed E-state index contributed by atoms with van der Waals surface area (Å²) in [7, 11) is 0. The van der Waals surface area contributed by atoms with Gasteiger partial charge in [0.15, 0.2) is 0 Å². The van der Waals surface area contributed by atoms with Gasteiger partial charge in [-0.3, -0.25) is 14.6 Å². The Morgan fingerprint density at radius 2 is 1.96 bits per heavy atom. The molecule has 28 heavy (non-hydrogen) atoms. The van der Waals surface area contributed by atoms with Gasteiger partial charge in [0, 0.05) is 31.5 Å². The number of hydrogen-bond acceptors (Lipinski definition) is 4. The lowest BCUT2D eigenvalue weighted by Gasteiger charge is -2.35. The number of likely N-dealkylation sites (tertiary alicyclic amines) is 2. The summed E-state index contributed by atoms with van der Waals surface area (Å²) >= 11 is 0. The lowest BCUT2D eigenvalue weighted by Crippen LogP contribution is -2.48. The molecule has 148 valence electrons. The van der Waals surface area contributed by atoms with Crippen LogP contribution >= 0.6 is 0 Å². The van der Waals surface area contributed by atoms with E-state index in [9.17, 15) is 9.59 Å². The van der Waals surface area contributed by atoms with E-state index < -0.39 is 5.60 Å². The number of hydrogen-bond donors (Lipinski definition) is 0. The molecular weight excluding hydrogens is 354 g/mol. The van der Waals surface area contributed by atoms with Crippen LogP contribution in [-0.4, -0.2) is 64.0 Å². The molecule has 6 heteroatoms. The first kappa shape index (κ1) is 17.9. The van der Waals surface area contributed by atoms with Crippen molar-refractivity contribution in [1.82, 2.24) is 14.8 Å². The smallest absolute Gasteiger partial charge is 0.230 e. The van der Waals surface area contributed by atoms with Crippen LogP contribution in [0.2, 0.25) is 0 Å². The van der Waals surface area contributed by atoms with E-state index in [4.69, 9.17) is 4.74 Å². The zero-order valence-corrected chi connectivity index (χ0v) is 16.5. The maximum Gasteiger partial charge on any atom is 0.230 e. The standard InChI is InChI=1S/C22H27N3O3/c1-14(2)25-13-22-8-3-17(28-22)18(19(22)21(25)27)20(26)24-11-6-16(7-12-24)15-4-9-23-10-5-15/h3-5,8-10,14,16-19H,6-7,11-13H2,1-2H3/t17-,18-,19+,22-/m1/s1. The van der Waals surface area contributed by atoms with Crippen molar-refractivity contribution in [2.24, 2.45) is 11.8 Å². The van der Waals surface area contributed by atoms with Gasteiger partial charge >= 0.3 is 0 Å². The van der Waals surface area contributed by atoms with Gasteiger partial charge in [-0.2, -0.15) is 0 Å². The number of ether oxygens (including phenoxy) is 1. The molecule has 2 amide bonds. The Bertz CT molecular complexity index is 816. The largest absolute Gasteiger partial charge is 0.360 e. The summed E-state index contributed by atoms with van der Waals surface area (Å²) in [5.41, 5.74) is 0.701. The third-order valence-electron chi connectivity index (χ3n) is 7.02. The van der Waals surface area contributed by atoms with Gasteiger partial charge < -0.3 is 14.5 Å². The number of pyridine rings is 1. The van der Waals surface area contributed by atoms with Gasteiger partial charge in [-0.05, 0) is 50.3 Å². The molecule has 0 saturated carbocycles. The Hall–Kier alpha value is -2.21. The molecule has 1 aromatic rings. The van der Waals surface area contributed by atoms with E-state index in [1.807, 2.05) is 48.2 Å². The summed E-state index contributed by atoms with van der Waals surface area (Å²) in [5, 5.41) is 0. The van der Waals surface area contributed by atoms with Crippen molar-refractivity contribution in [3.05, 3.63) is 42.2 Å². The maximum absolute atomic E-state index is 13.4. The maximum atomic E-state index is 13.4. The van der Waals surface area contributed by atoms with Crippen LogP contribution in [0, 0.1) is 11.8 Å². The first-order chi connectivity index (χ1) is 13.5. The molecule has 0 aliphatic carbocycles. The van der Waals surface area contributed by atoms with Crippen molar-refractivity contribution in [3.8, 4) is 0 Å². The highest BCUT2D eigenvalue weighted by Crippen LogP contribution is 2.52. The number of amides is 2. The Kier molecular flexibility index (Phi) is 4.09. The van der Waals surface area contributed by atoms with Crippen molar-refractivity contribution < 1.29 is 14.3 Å². The van der Waals surface area contributed by atoms with Crippen LogP contribution in [-0.2, 0) is 14.3 Å². The second-order valence-corrected chi connectivity index (χ2v) is 8.84. The van der Waals surface area contributed by atoms with Gasteiger partial charge in [0.1, 0.15) is 5.60 Å². The van der Waals surface area contributed by atoms with Gasteiger partial charge in [-0.1, -0.05) is 12.2 Å². The molecule has 2 bridgehead atoms. The molecule has 4 aliphatic heterocycles. The SMILES string of the molecule is CC(C)N1C[C@@]23C=C[C@@H](O2)[C@@H](C(=O)N2CCC(c4ccncc4)CC2)[C@H]3C1=O. The minimum absolute atomic E-state index is 0.0758. The first-order valence-corrected chi connectivity index (χ1v) is 10.4. The average Bonchev–Trinajstić information content (AvgIpc) is 3.36. The second-order valence-electron chi connectivity index (χ2n) is 8.84. The van der Waals surface area contributed by atoms with E-state index in [0.29, 0.717) is 12.5 Å². The van der Waals surface area contributed by atoms with Gasteiger partial charge in [0.2, 0.25) is 11.8 Å². The van der Waals surface area contributed by atoms with E-state index in [1.165, 1.54) is 5.56 Å². The van der Waals surface area contributed by atoms with E-state index in [0.717, 1.165) is 25.9 Å². The molecule has 4 atom stereocenters. The molecule has 3 saturated heterocycles. The number of aromatic nitrogens is 1. The van der Waals surface area contributed by atoms with Crippen molar-refractivity contribution in [3.63, 3.8) is 0 Å². The Morgan fingerprint density at radius 1 is 1.25 bits per heavy atom. The van der Waals surface area contributed by atoms with Crippen molar-refractivity contribution in [2.75, 3.05) is 19.6 Å². The quantitative estimate of drug-likeness (QED) is 0.751. The third kappa shape index (κ3) is 2.54. The molecule has 4 aliphatic rings. The fourth-order valence-corrected chi connectivity index (χ4v) is 5.53. The summed E-state index contributed by atoms with van der Waals surface area (Å²) < 4.78 is 6.22. The monoisotopic (exact) mass is 381 g/mol. The summed E-state index contributed by atoms with van der Waals surface area (Å²) in [4.78, 5) is 34.4. The average molecular weight is 381 g/mol. The minimum atomic E-state index is -0.596. The molecule has 1 spiro atoms. The first-order valence-electron chi connectivity index (χ1n) is 10.4. The zero-order chi connectivity index (χ0) is 19.5. The highest BCUT2D eigenvalue weighted by Gasteiger charge is 2.67. The van der Waals surface area contributed by atoms with Crippen LogP contribution < -0.4 is 0 Å². The molecule has 5 heterocycles. The zero-order valence-electron chi connectivity index (χ0n) is 16.5. The Morgan fingerprint density at radius 3 is 2.64 bits per heavy atom. The molecule has 0 unspecified atom stereocenters. The fourth-order valence-electron chi connectivity index (χ4n) is 5.53. The van der Waals surface area contributed by atoms with Gasteiger partial charge in [0.05, 0.1) is 24.5 Å². The van der Waals surface area contributed by atoms with Gasteiger partial charge in [-0.15, -0.1) is 0 Å². The van der Waals surface area contributed by atoms with Crippen LogP contribution in [0.4, 0.5) is 0 Å². The topological polar surface area (TPSA) is 62.7 Å². The molecular formula is C22H27N3O3. The number of carbonyl (C=O) groups is 2. The lowest BCUT2D eigenvalue weighted by molar-refractivity contribution is -0.144. The van der Waals surface area contributed by atoms with Crippen molar-refractivity contribution >= 4 is 11.8 Å². The predicted octanol–water partition coefficient (Wildman–Crippen LogP) is 1.98. The van der Waals surface area contributed by atoms with Crippen molar-refractivity contribution in [2.45, 2.75) is 50.4 Å². The number of carbonyl (C=O) groups excluding carboxylic acids is 2. The predicted molar refractivity (Wildman–Crippen MR) is 103 cm³/mol. The fraction of sp³-hybridized carbons (Fsp3) is 0.591. The van der Waals surface area contributed by atoms with E-state index >= 15 is 0 Å². The third-order valence-corrected chi connectivity index (χ3v) is 7.02. The number of piperidine rings is 1. The summed E-state index contributed by atoms with van der Waals surface area (Å²) in [5.74, 6) is -0.103.